The number of hydrogen-bond acceptors (Lipinski definition) is 6. The number of allylic oxidation sites excluding steroid dienone is 1. The average molecular weight is 315 g/mol. The SMILES string of the molecule is Nc1nc2nc[nH]c2c(=O)n1CC=CCOCP(=O)(O)O. The van der Waals surface area contributed by atoms with Gasteiger partial charge in [0, 0.05) is 6.54 Å². The van der Waals surface area contributed by atoms with E-state index in [0.29, 0.717) is 0 Å². The van der Waals surface area contributed by atoms with E-state index < -0.39 is 13.9 Å². The summed E-state index contributed by atoms with van der Waals surface area (Å²) in [4.78, 5) is 39.8. The molecule has 0 aliphatic carbocycles. The summed E-state index contributed by atoms with van der Waals surface area (Å²) < 4.78 is 16.5. The zero-order valence-electron chi connectivity index (χ0n) is 10.8. The highest BCUT2D eigenvalue weighted by molar-refractivity contribution is 7.51. The summed E-state index contributed by atoms with van der Waals surface area (Å²) in [6.07, 6.45) is 3.82. The van der Waals surface area contributed by atoms with E-state index in [1.165, 1.54) is 17.0 Å². The van der Waals surface area contributed by atoms with Crippen molar-refractivity contribution in [1.82, 2.24) is 19.5 Å². The summed E-state index contributed by atoms with van der Waals surface area (Å²) in [5, 5.41) is 0. The van der Waals surface area contributed by atoms with E-state index >= 15 is 0 Å². The highest BCUT2D eigenvalue weighted by Gasteiger charge is 2.11. The number of aromatic amines is 1. The molecular formula is C10H14N5O5P. The molecule has 0 aliphatic rings. The van der Waals surface area contributed by atoms with Crippen molar-refractivity contribution in [3.05, 3.63) is 28.8 Å². The second kappa shape index (κ2) is 6.19. The second-order valence-electron chi connectivity index (χ2n) is 4.12. The van der Waals surface area contributed by atoms with Crippen LogP contribution in [-0.2, 0) is 15.8 Å². The number of hydrogen-bond donors (Lipinski definition) is 4. The number of H-pyrrole nitrogens is 1. The van der Waals surface area contributed by atoms with Gasteiger partial charge in [-0.05, 0) is 0 Å². The minimum Gasteiger partial charge on any atom is -0.369 e. The molecule has 2 aromatic rings. The van der Waals surface area contributed by atoms with E-state index in [-0.39, 0.29) is 35.8 Å². The van der Waals surface area contributed by atoms with Gasteiger partial charge in [0.2, 0.25) is 5.95 Å². The van der Waals surface area contributed by atoms with Crippen LogP contribution in [0, 0.1) is 0 Å². The standard InChI is InChI=1S/C10H14N5O5P/c11-10-14-8-7(12-5-13-8)9(16)15(10)3-1-2-4-20-6-21(17,18)19/h1-2,5H,3-4,6H2,(H2,11,14)(H,12,13)(H2,17,18,19). The fourth-order valence-corrected chi connectivity index (χ4v) is 1.94. The van der Waals surface area contributed by atoms with Crippen LogP contribution in [0.25, 0.3) is 11.2 Å². The van der Waals surface area contributed by atoms with Gasteiger partial charge < -0.3 is 25.2 Å². The smallest absolute Gasteiger partial charge is 0.350 e. The number of nitrogen functional groups attached to an aromatic ring is 1. The maximum Gasteiger partial charge on any atom is 0.350 e. The van der Waals surface area contributed by atoms with Crippen LogP contribution >= 0.6 is 7.60 Å². The zero-order valence-corrected chi connectivity index (χ0v) is 11.7. The average Bonchev–Trinajstić information content (AvgIpc) is 2.83. The summed E-state index contributed by atoms with van der Waals surface area (Å²) in [5.74, 6) is 0.0281. The van der Waals surface area contributed by atoms with Crippen LogP contribution in [-0.4, -0.2) is 42.3 Å². The zero-order chi connectivity index (χ0) is 15.5. The molecule has 0 amide bonds. The number of nitrogens with one attached hydrogen (secondary N) is 1. The molecule has 0 radical (unpaired) electrons. The summed E-state index contributed by atoms with van der Waals surface area (Å²) >= 11 is 0. The Balaban J connectivity index is 2.00. The molecule has 0 bridgehead atoms. The van der Waals surface area contributed by atoms with E-state index in [2.05, 4.69) is 15.0 Å². The molecule has 2 rings (SSSR count). The molecule has 114 valence electrons. The number of fused-ring (bicyclic) bond motifs is 1. The number of rotatable bonds is 6. The van der Waals surface area contributed by atoms with Gasteiger partial charge in [0.15, 0.2) is 11.2 Å². The van der Waals surface area contributed by atoms with Crippen molar-refractivity contribution in [2.24, 2.45) is 0 Å². The highest BCUT2D eigenvalue weighted by Crippen LogP contribution is 2.33. The van der Waals surface area contributed by atoms with Gasteiger partial charge >= 0.3 is 7.60 Å². The molecule has 0 atom stereocenters. The first-order valence-electron chi connectivity index (χ1n) is 5.85. The molecule has 0 spiro atoms. The Morgan fingerprint density at radius 1 is 1.48 bits per heavy atom. The lowest BCUT2D eigenvalue weighted by Gasteiger charge is -2.05. The topological polar surface area (TPSA) is 156 Å². The minimum absolute atomic E-state index is 0.0134. The number of imidazole rings is 1. The monoisotopic (exact) mass is 315 g/mol. The van der Waals surface area contributed by atoms with Crippen molar-refractivity contribution < 1.29 is 19.1 Å². The molecular weight excluding hydrogens is 301 g/mol. The van der Waals surface area contributed by atoms with E-state index in [1.54, 1.807) is 6.08 Å². The lowest BCUT2D eigenvalue weighted by molar-refractivity contribution is 0.184. The van der Waals surface area contributed by atoms with Crippen molar-refractivity contribution in [3.63, 3.8) is 0 Å². The number of nitrogens with two attached hydrogens (primary N) is 1. The second-order valence-corrected chi connectivity index (χ2v) is 5.71. The summed E-state index contributed by atoms with van der Waals surface area (Å²) in [5.41, 5.74) is 5.84. The Morgan fingerprint density at radius 3 is 2.95 bits per heavy atom. The molecule has 2 heterocycles. The van der Waals surface area contributed by atoms with Crippen LogP contribution in [0.3, 0.4) is 0 Å². The van der Waals surface area contributed by atoms with Gasteiger partial charge in [0.25, 0.3) is 5.56 Å². The van der Waals surface area contributed by atoms with Crippen molar-refractivity contribution in [2.45, 2.75) is 6.54 Å². The van der Waals surface area contributed by atoms with Gasteiger partial charge in [0.05, 0.1) is 12.9 Å². The largest absolute Gasteiger partial charge is 0.369 e. The number of aromatic nitrogens is 4. The number of nitrogens with zero attached hydrogens (tertiary/aromatic N) is 3. The van der Waals surface area contributed by atoms with Crippen LogP contribution in [0.5, 0.6) is 0 Å². The third-order valence-electron chi connectivity index (χ3n) is 2.50. The van der Waals surface area contributed by atoms with Crippen LogP contribution in [0.1, 0.15) is 0 Å². The summed E-state index contributed by atoms with van der Waals surface area (Å²) in [6.45, 7) is 0.172. The summed E-state index contributed by atoms with van der Waals surface area (Å²) in [6, 6.07) is 0. The van der Waals surface area contributed by atoms with Crippen molar-refractivity contribution >= 4 is 24.7 Å². The van der Waals surface area contributed by atoms with Crippen LogP contribution in [0.15, 0.2) is 23.3 Å². The first-order chi connectivity index (χ1) is 9.88. The molecule has 0 unspecified atom stereocenters. The third-order valence-corrected chi connectivity index (χ3v) is 3.02. The summed E-state index contributed by atoms with van der Waals surface area (Å²) in [7, 11) is -4.16. The lowest BCUT2D eigenvalue weighted by Crippen LogP contribution is -2.24. The van der Waals surface area contributed by atoms with Crippen LogP contribution in [0.4, 0.5) is 5.95 Å². The number of anilines is 1. The normalized spacial score (nSPS) is 12.5. The van der Waals surface area contributed by atoms with Crippen LogP contribution < -0.4 is 11.3 Å². The Bertz CT molecular complexity index is 761. The van der Waals surface area contributed by atoms with Crippen molar-refractivity contribution in [2.75, 3.05) is 18.7 Å². The lowest BCUT2D eigenvalue weighted by atomic mass is 10.4. The molecule has 21 heavy (non-hydrogen) atoms. The van der Waals surface area contributed by atoms with E-state index in [9.17, 15) is 9.36 Å². The Kier molecular flexibility index (Phi) is 4.53. The molecule has 10 nitrogen and oxygen atoms in total. The van der Waals surface area contributed by atoms with Crippen molar-refractivity contribution in [3.8, 4) is 0 Å². The van der Waals surface area contributed by atoms with Gasteiger partial charge in [-0.15, -0.1) is 0 Å². The molecule has 5 N–H and O–H groups in total. The maximum atomic E-state index is 12.1. The molecule has 2 aromatic heterocycles. The first-order valence-corrected chi connectivity index (χ1v) is 7.65. The van der Waals surface area contributed by atoms with Crippen molar-refractivity contribution in [1.29, 1.82) is 0 Å². The molecule has 0 saturated heterocycles. The maximum absolute atomic E-state index is 12.1. The number of ether oxygens (including phenoxy) is 1. The van der Waals surface area contributed by atoms with Gasteiger partial charge in [-0.25, -0.2) is 4.98 Å². The Labute approximate surface area is 118 Å². The van der Waals surface area contributed by atoms with Gasteiger partial charge in [-0.2, -0.15) is 4.98 Å². The van der Waals surface area contributed by atoms with E-state index in [1.807, 2.05) is 0 Å². The molecule has 11 heteroatoms. The molecule has 0 aliphatic heterocycles. The Morgan fingerprint density at radius 2 is 2.24 bits per heavy atom. The fourth-order valence-electron chi connectivity index (χ4n) is 1.60. The fraction of sp³-hybridized carbons (Fsp3) is 0.300. The third kappa shape index (κ3) is 3.99. The predicted molar refractivity (Wildman–Crippen MR) is 74.6 cm³/mol. The van der Waals surface area contributed by atoms with Crippen LogP contribution in [0.2, 0.25) is 0 Å². The molecule has 0 aromatic carbocycles. The minimum atomic E-state index is -4.16. The Hall–Kier alpha value is -2.00. The molecule has 0 fully saturated rings. The van der Waals surface area contributed by atoms with E-state index in [0.717, 1.165) is 0 Å². The predicted octanol–water partition coefficient (Wildman–Crippen LogP) is -0.590. The molecule has 0 saturated carbocycles. The quantitative estimate of drug-likeness (QED) is 0.313. The first kappa shape index (κ1) is 15.4. The van der Waals surface area contributed by atoms with Gasteiger partial charge in [0.1, 0.15) is 6.35 Å². The van der Waals surface area contributed by atoms with Gasteiger partial charge in [-0.1, -0.05) is 12.2 Å². The van der Waals surface area contributed by atoms with E-state index in [4.69, 9.17) is 20.3 Å². The highest BCUT2D eigenvalue weighted by atomic mass is 31.2. The van der Waals surface area contributed by atoms with Gasteiger partial charge in [-0.3, -0.25) is 13.9 Å².